The standard InChI is InChI=1S/C25H20BrN3O4/c1-25(2)31-21-10-8-17(13-22(21)32-25)20(14-29-12-11-27-15-29)28-33-24(30)19-9-7-16-5-3-4-6-18(16)23(19)26/h3-13,15H,14H2,1-2H3/b28-20+. The summed E-state index contributed by atoms with van der Waals surface area (Å²) < 4.78 is 14.1. The average Bonchev–Trinajstić information content (AvgIpc) is 3.42. The number of benzene rings is 3. The molecule has 0 N–H and O–H groups in total. The average molecular weight is 506 g/mol. The van der Waals surface area contributed by atoms with Crippen LogP contribution < -0.4 is 9.47 Å². The van der Waals surface area contributed by atoms with Crippen molar-refractivity contribution < 1.29 is 19.1 Å². The third-order valence-electron chi connectivity index (χ3n) is 5.20. The van der Waals surface area contributed by atoms with Gasteiger partial charge in [0.2, 0.25) is 5.79 Å². The number of imidazole rings is 1. The van der Waals surface area contributed by atoms with Crippen LogP contribution in [-0.4, -0.2) is 27.0 Å². The lowest BCUT2D eigenvalue weighted by atomic mass is 10.1. The van der Waals surface area contributed by atoms with E-state index in [9.17, 15) is 4.79 Å². The maximum atomic E-state index is 12.9. The van der Waals surface area contributed by atoms with Gasteiger partial charge in [-0.05, 0) is 51.0 Å². The van der Waals surface area contributed by atoms with Gasteiger partial charge in [-0.2, -0.15) is 0 Å². The zero-order valence-electron chi connectivity index (χ0n) is 18.0. The SMILES string of the molecule is CC1(C)Oc2ccc(/C(Cn3ccnc3)=N/OC(=O)c3ccc4ccccc4c3Br)cc2O1. The summed E-state index contributed by atoms with van der Waals surface area (Å²) in [5.41, 5.74) is 1.68. The molecule has 5 rings (SSSR count). The van der Waals surface area contributed by atoms with Crippen LogP contribution in [0.3, 0.4) is 0 Å². The van der Waals surface area contributed by atoms with Crippen molar-refractivity contribution in [2.75, 3.05) is 0 Å². The van der Waals surface area contributed by atoms with Crippen molar-refractivity contribution in [1.29, 1.82) is 0 Å². The van der Waals surface area contributed by atoms with Crippen molar-refractivity contribution in [2.45, 2.75) is 26.2 Å². The highest BCUT2D eigenvalue weighted by Gasteiger charge is 2.32. The lowest BCUT2D eigenvalue weighted by molar-refractivity contribution is -0.0431. The minimum atomic E-state index is -0.739. The van der Waals surface area contributed by atoms with Gasteiger partial charge in [0.25, 0.3) is 0 Å². The molecular formula is C25H20BrN3O4. The van der Waals surface area contributed by atoms with Gasteiger partial charge in [-0.3, -0.25) is 0 Å². The summed E-state index contributed by atoms with van der Waals surface area (Å²) in [5.74, 6) is -0.0304. The Bertz CT molecular complexity index is 1380. The quantitative estimate of drug-likeness (QED) is 0.201. The fraction of sp³-hybridized carbons (Fsp3) is 0.160. The molecule has 0 saturated heterocycles. The highest BCUT2D eigenvalue weighted by atomic mass is 79.9. The highest BCUT2D eigenvalue weighted by molar-refractivity contribution is 9.10. The monoisotopic (exact) mass is 505 g/mol. The van der Waals surface area contributed by atoms with E-state index in [-0.39, 0.29) is 0 Å². The van der Waals surface area contributed by atoms with Gasteiger partial charge in [0, 0.05) is 36.3 Å². The molecule has 8 heteroatoms. The Morgan fingerprint density at radius 3 is 2.76 bits per heavy atom. The molecule has 0 aliphatic carbocycles. The minimum absolute atomic E-state index is 0.356. The molecule has 0 saturated carbocycles. The molecule has 0 unspecified atom stereocenters. The van der Waals surface area contributed by atoms with Gasteiger partial charge in [0.1, 0.15) is 5.71 Å². The maximum Gasteiger partial charge on any atom is 0.366 e. The van der Waals surface area contributed by atoms with Crippen LogP contribution in [0.2, 0.25) is 0 Å². The number of hydrogen-bond donors (Lipinski definition) is 0. The number of rotatable bonds is 5. The van der Waals surface area contributed by atoms with E-state index >= 15 is 0 Å². The predicted octanol–water partition coefficient (Wildman–Crippen LogP) is 5.57. The maximum absolute atomic E-state index is 12.9. The van der Waals surface area contributed by atoms with Crippen LogP contribution in [0.15, 0.2) is 82.9 Å². The molecule has 3 aromatic carbocycles. The van der Waals surface area contributed by atoms with Gasteiger partial charge in [-0.25, -0.2) is 9.78 Å². The minimum Gasteiger partial charge on any atom is -0.449 e. The summed E-state index contributed by atoms with van der Waals surface area (Å²) in [6, 6.07) is 16.9. The second-order valence-electron chi connectivity index (χ2n) is 8.07. The van der Waals surface area contributed by atoms with Crippen LogP contribution >= 0.6 is 15.9 Å². The Morgan fingerprint density at radius 1 is 1.12 bits per heavy atom. The Kier molecular flexibility index (Phi) is 5.38. The van der Waals surface area contributed by atoms with Crippen molar-refractivity contribution in [3.05, 3.63) is 88.9 Å². The zero-order chi connectivity index (χ0) is 23.0. The van der Waals surface area contributed by atoms with Gasteiger partial charge in [0.15, 0.2) is 11.5 Å². The number of hydrogen-bond acceptors (Lipinski definition) is 6. The molecule has 0 bridgehead atoms. The molecular weight excluding hydrogens is 486 g/mol. The van der Waals surface area contributed by atoms with Gasteiger partial charge in [-0.15, -0.1) is 0 Å². The predicted molar refractivity (Wildman–Crippen MR) is 128 cm³/mol. The lowest BCUT2D eigenvalue weighted by Crippen LogP contribution is -2.29. The van der Waals surface area contributed by atoms with Crippen LogP contribution in [0.4, 0.5) is 0 Å². The molecule has 166 valence electrons. The number of carbonyl (C=O) groups excluding carboxylic acids is 1. The molecule has 0 atom stereocenters. The van der Waals surface area contributed by atoms with Crippen LogP contribution in [0, 0.1) is 0 Å². The van der Waals surface area contributed by atoms with Gasteiger partial charge >= 0.3 is 5.97 Å². The van der Waals surface area contributed by atoms with Crippen LogP contribution in [0.5, 0.6) is 11.5 Å². The molecule has 1 aromatic heterocycles. The third-order valence-corrected chi connectivity index (χ3v) is 6.06. The van der Waals surface area contributed by atoms with Crippen molar-refractivity contribution in [1.82, 2.24) is 9.55 Å². The molecule has 7 nitrogen and oxygen atoms in total. The second kappa shape index (κ2) is 8.37. The lowest BCUT2D eigenvalue weighted by Gasteiger charge is -2.16. The molecule has 4 aromatic rings. The topological polar surface area (TPSA) is 74.9 Å². The normalized spacial score (nSPS) is 14.5. The van der Waals surface area contributed by atoms with Crippen LogP contribution in [-0.2, 0) is 11.4 Å². The van der Waals surface area contributed by atoms with Crippen LogP contribution in [0.1, 0.15) is 29.8 Å². The number of oxime groups is 1. The number of halogens is 1. The Labute approximate surface area is 198 Å². The first-order valence-electron chi connectivity index (χ1n) is 10.3. The van der Waals surface area contributed by atoms with E-state index in [0.717, 1.165) is 16.3 Å². The van der Waals surface area contributed by atoms with Crippen molar-refractivity contribution in [3.8, 4) is 11.5 Å². The molecule has 0 radical (unpaired) electrons. The highest BCUT2D eigenvalue weighted by Crippen LogP contribution is 2.39. The van der Waals surface area contributed by atoms with E-state index in [1.165, 1.54) is 0 Å². The summed E-state index contributed by atoms with van der Waals surface area (Å²) in [5, 5.41) is 6.18. The van der Waals surface area contributed by atoms with Crippen LogP contribution in [0.25, 0.3) is 10.8 Å². The second-order valence-corrected chi connectivity index (χ2v) is 8.86. The summed E-state index contributed by atoms with van der Waals surface area (Å²) in [4.78, 5) is 22.4. The number of nitrogens with zero attached hydrogens (tertiary/aromatic N) is 3. The summed E-state index contributed by atoms with van der Waals surface area (Å²) in [7, 11) is 0. The van der Waals surface area contributed by atoms with Crippen molar-refractivity contribution in [3.63, 3.8) is 0 Å². The van der Waals surface area contributed by atoms with Gasteiger partial charge in [0.05, 0.1) is 18.4 Å². The number of ether oxygens (including phenoxy) is 2. The number of fused-ring (bicyclic) bond motifs is 2. The fourth-order valence-electron chi connectivity index (χ4n) is 3.67. The van der Waals surface area contributed by atoms with E-state index in [1.54, 1.807) is 18.6 Å². The largest absolute Gasteiger partial charge is 0.449 e. The van der Waals surface area contributed by atoms with Gasteiger partial charge < -0.3 is 18.9 Å². The molecule has 33 heavy (non-hydrogen) atoms. The van der Waals surface area contributed by atoms with Gasteiger partial charge in [-0.1, -0.05) is 35.5 Å². The first-order valence-corrected chi connectivity index (χ1v) is 11.1. The number of aromatic nitrogens is 2. The van der Waals surface area contributed by atoms with Crippen molar-refractivity contribution >= 4 is 38.4 Å². The Hall–Kier alpha value is -3.65. The zero-order valence-corrected chi connectivity index (χ0v) is 19.6. The first-order chi connectivity index (χ1) is 15.9. The molecule has 2 heterocycles. The molecule has 0 spiro atoms. The Balaban J connectivity index is 1.46. The fourth-order valence-corrected chi connectivity index (χ4v) is 4.32. The number of carbonyl (C=O) groups is 1. The molecule has 0 fully saturated rings. The molecule has 0 amide bonds. The molecule has 1 aliphatic heterocycles. The first kappa shape index (κ1) is 21.2. The van der Waals surface area contributed by atoms with E-state index in [2.05, 4.69) is 26.1 Å². The third kappa shape index (κ3) is 4.34. The summed E-state index contributed by atoms with van der Waals surface area (Å²) >= 11 is 3.54. The van der Waals surface area contributed by atoms with E-state index < -0.39 is 11.8 Å². The van der Waals surface area contributed by atoms with E-state index in [4.69, 9.17) is 14.3 Å². The van der Waals surface area contributed by atoms with E-state index in [0.29, 0.717) is 33.8 Å². The van der Waals surface area contributed by atoms with Crippen molar-refractivity contribution in [2.24, 2.45) is 5.16 Å². The molecule has 1 aliphatic rings. The Morgan fingerprint density at radius 2 is 1.94 bits per heavy atom. The summed E-state index contributed by atoms with van der Waals surface area (Å²) in [6.45, 7) is 4.04. The smallest absolute Gasteiger partial charge is 0.366 e. The summed E-state index contributed by atoms with van der Waals surface area (Å²) in [6.07, 6.45) is 5.17. The van der Waals surface area contributed by atoms with E-state index in [1.807, 2.05) is 73.1 Å².